The smallest absolute Gasteiger partial charge is 0.217 e. The van der Waals surface area contributed by atoms with Crippen LogP contribution in [-0.2, 0) is 13.0 Å². The third-order valence-electron chi connectivity index (χ3n) is 4.83. The summed E-state index contributed by atoms with van der Waals surface area (Å²) < 4.78 is 8.46. The lowest BCUT2D eigenvalue weighted by molar-refractivity contribution is 0.292. The number of hydrogen-bond donors (Lipinski definition) is 0. The molecule has 29 heavy (non-hydrogen) atoms. The van der Waals surface area contributed by atoms with Gasteiger partial charge in [-0.3, -0.25) is 0 Å². The molecule has 0 N–H and O–H groups in total. The second-order valence-corrected chi connectivity index (χ2v) is 9.18. The molecule has 144 valence electrons. The number of thiazole rings is 1. The molecule has 0 fully saturated rings. The summed E-state index contributed by atoms with van der Waals surface area (Å²) in [5, 5.41) is 2.27. The van der Waals surface area contributed by atoms with Gasteiger partial charge in [-0.15, -0.1) is 22.7 Å². The zero-order valence-electron chi connectivity index (χ0n) is 16.2. The predicted molar refractivity (Wildman–Crippen MR) is 120 cm³/mol. The first-order valence-corrected chi connectivity index (χ1v) is 11.1. The molecule has 0 saturated heterocycles. The molecule has 0 aliphatic heterocycles. The van der Waals surface area contributed by atoms with Crippen molar-refractivity contribution in [2.24, 2.45) is 0 Å². The van der Waals surface area contributed by atoms with E-state index < -0.39 is 0 Å². The number of hydrogen-bond acceptors (Lipinski definition) is 6. The topological polar surface area (TPSA) is 47.9 Å². The van der Waals surface area contributed by atoms with E-state index in [4.69, 9.17) is 4.74 Å². The van der Waals surface area contributed by atoms with Crippen molar-refractivity contribution < 1.29 is 4.74 Å². The van der Waals surface area contributed by atoms with Crippen LogP contribution in [0.5, 0.6) is 5.88 Å². The van der Waals surface area contributed by atoms with Crippen LogP contribution in [0.3, 0.4) is 0 Å². The molecule has 5 aromatic rings. The SMILES string of the molecule is Cc1nc(Cc2sc3ccccc3c2C)cc(OCc2nc3ccccc3s2)n1. The number of thiophene rings is 1. The number of para-hydroxylation sites is 1. The Hall–Kier alpha value is -2.83. The maximum Gasteiger partial charge on any atom is 0.217 e. The number of nitrogens with zero attached hydrogens (tertiary/aromatic N) is 3. The average Bonchev–Trinajstić information content (AvgIpc) is 3.27. The first-order valence-electron chi connectivity index (χ1n) is 9.44. The second-order valence-electron chi connectivity index (χ2n) is 6.93. The molecule has 0 atom stereocenters. The summed E-state index contributed by atoms with van der Waals surface area (Å²) in [7, 11) is 0. The highest BCUT2D eigenvalue weighted by Gasteiger charge is 2.12. The van der Waals surface area contributed by atoms with Crippen molar-refractivity contribution in [1.29, 1.82) is 0 Å². The monoisotopic (exact) mass is 417 g/mol. The minimum Gasteiger partial charge on any atom is -0.470 e. The Morgan fingerprint density at radius 2 is 1.66 bits per heavy atom. The van der Waals surface area contributed by atoms with Crippen LogP contribution < -0.4 is 4.74 Å². The maximum atomic E-state index is 5.97. The van der Waals surface area contributed by atoms with Crippen LogP contribution in [0.1, 0.15) is 27.0 Å². The number of aromatic nitrogens is 3. The molecule has 0 aliphatic rings. The number of ether oxygens (including phenoxy) is 1. The van der Waals surface area contributed by atoms with Gasteiger partial charge in [-0.2, -0.15) is 4.98 Å². The van der Waals surface area contributed by atoms with Crippen LogP contribution in [0, 0.1) is 13.8 Å². The molecule has 0 spiro atoms. The van der Waals surface area contributed by atoms with Crippen LogP contribution in [0.25, 0.3) is 20.3 Å². The number of fused-ring (bicyclic) bond motifs is 2. The summed E-state index contributed by atoms with van der Waals surface area (Å²) in [5.41, 5.74) is 3.32. The van der Waals surface area contributed by atoms with E-state index >= 15 is 0 Å². The van der Waals surface area contributed by atoms with Crippen molar-refractivity contribution in [3.63, 3.8) is 0 Å². The third-order valence-corrected chi connectivity index (χ3v) is 7.12. The standard InChI is InChI=1S/C23H19N3OS2/c1-14-17-7-3-5-9-19(17)28-21(14)11-16-12-22(25-15(2)24-16)27-13-23-26-18-8-4-6-10-20(18)29-23/h3-10,12H,11,13H2,1-2H3. The van der Waals surface area contributed by atoms with E-state index in [-0.39, 0.29) is 0 Å². The van der Waals surface area contributed by atoms with Crippen molar-refractivity contribution in [2.75, 3.05) is 0 Å². The van der Waals surface area contributed by atoms with E-state index in [1.54, 1.807) is 11.3 Å². The molecule has 0 bridgehead atoms. The second kappa shape index (κ2) is 7.54. The van der Waals surface area contributed by atoms with Crippen molar-refractivity contribution in [1.82, 2.24) is 15.0 Å². The predicted octanol–water partition coefficient (Wildman–Crippen LogP) is 6.09. The Labute approximate surface area is 176 Å². The van der Waals surface area contributed by atoms with Crippen LogP contribution in [-0.4, -0.2) is 15.0 Å². The largest absolute Gasteiger partial charge is 0.470 e. The Balaban J connectivity index is 1.37. The molecular formula is C23H19N3OS2. The van der Waals surface area contributed by atoms with E-state index in [0.717, 1.165) is 28.5 Å². The molecule has 4 nitrogen and oxygen atoms in total. The molecule has 0 amide bonds. The van der Waals surface area contributed by atoms with Gasteiger partial charge in [-0.1, -0.05) is 30.3 Å². The molecule has 3 heterocycles. The zero-order chi connectivity index (χ0) is 19.8. The highest BCUT2D eigenvalue weighted by atomic mass is 32.1. The van der Waals surface area contributed by atoms with Crippen molar-refractivity contribution in [2.45, 2.75) is 26.9 Å². The Morgan fingerprint density at radius 1 is 0.862 bits per heavy atom. The first-order chi connectivity index (χ1) is 14.2. The summed E-state index contributed by atoms with van der Waals surface area (Å²) in [5.74, 6) is 1.33. The number of benzene rings is 2. The van der Waals surface area contributed by atoms with Crippen LogP contribution >= 0.6 is 22.7 Å². The summed E-state index contributed by atoms with van der Waals surface area (Å²) in [6.45, 7) is 4.51. The molecule has 3 aromatic heterocycles. The molecular weight excluding hydrogens is 398 g/mol. The van der Waals surface area contributed by atoms with Gasteiger partial charge in [-0.25, -0.2) is 9.97 Å². The van der Waals surface area contributed by atoms with Gasteiger partial charge < -0.3 is 4.74 Å². The van der Waals surface area contributed by atoms with E-state index in [0.29, 0.717) is 12.5 Å². The highest BCUT2D eigenvalue weighted by Crippen LogP contribution is 2.32. The van der Waals surface area contributed by atoms with Gasteiger partial charge in [0, 0.05) is 22.1 Å². The Morgan fingerprint density at radius 3 is 2.48 bits per heavy atom. The summed E-state index contributed by atoms with van der Waals surface area (Å²) in [6.07, 6.45) is 0.784. The fourth-order valence-electron chi connectivity index (χ4n) is 3.44. The third kappa shape index (κ3) is 3.73. The normalized spacial score (nSPS) is 11.4. The van der Waals surface area contributed by atoms with Crippen LogP contribution in [0.15, 0.2) is 54.6 Å². The molecule has 0 radical (unpaired) electrons. The fraction of sp³-hybridized carbons (Fsp3) is 0.174. The van der Waals surface area contributed by atoms with Crippen molar-refractivity contribution in [3.8, 4) is 5.88 Å². The molecule has 2 aromatic carbocycles. The van der Waals surface area contributed by atoms with Gasteiger partial charge in [0.15, 0.2) is 0 Å². The lowest BCUT2D eigenvalue weighted by Gasteiger charge is -2.07. The summed E-state index contributed by atoms with van der Waals surface area (Å²) >= 11 is 3.49. The van der Waals surface area contributed by atoms with Gasteiger partial charge in [0.05, 0.1) is 15.9 Å². The van der Waals surface area contributed by atoms with Gasteiger partial charge in [0.2, 0.25) is 5.88 Å². The quantitative estimate of drug-likeness (QED) is 0.347. The van der Waals surface area contributed by atoms with E-state index in [1.807, 2.05) is 42.5 Å². The Bertz CT molecular complexity index is 1290. The average molecular weight is 418 g/mol. The number of rotatable bonds is 5. The molecule has 0 unspecified atom stereocenters. The highest BCUT2D eigenvalue weighted by molar-refractivity contribution is 7.19. The minimum atomic E-state index is 0.414. The molecule has 0 aliphatic carbocycles. The van der Waals surface area contributed by atoms with Gasteiger partial charge >= 0.3 is 0 Å². The first kappa shape index (κ1) is 18.2. The Kier molecular flexibility index (Phi) is 4.73. The fourth-order valence-corrected chi connectivity index (χ4v) is 5.55. The minimum absolute atomic E-state index is 0.414. The van der Waals surface area contributed by atoms with Crippen LogP contribution in [0.4, 0.5) is 0 Å². The molecule has 0 saturated carbocycles. The van der Waals surface area contributed by atoms with Crippen LogP contribution in [0.2, 0.25) is 0 Å². The lowest BCUT2D eigenvalue weighted by Crippen LogP contribution is -2.02. The van der Waals surface area contributed by atoms with Crippen molar-refractivity contribution in [3.05, 3.63) is 81.6 Å². The van der Waals surface area contributed by atoms with Gasteiger partial charge in [0.25, 0.3) is 0 Å². The molecule has 5 rings (SSSR count). The molecule has 6 heteroatoms. The van der Waals surface area contributed by atoms with E-state index in [1.165, 1.54) is 25.2 Å². The van der Waals surface area contributed by atoms with E-state index in [9.17, 15) is 0 Å². The van der Waals surface area contributed by atoms with E-state index in [2.05, 4.69) is 52.2 Å². The number of aryl methyl sites for hydroxylation is 2. The summed E-state index contributed by atoms with van der Waals surface area (Å²) in [4.78, 5) is 15.1. The maximum absolute atomic E-state index is 5.97. The lowest BCUT2D eigenvalue weighted by atomic mass is 10.1. The van der Waals surface area contributed by atoms with Gasteiger partial charge in [-0.05, 0) is 43.0 Å². The zero-order valence-corrected chi connectivity index (χ0v) is 17.8. The van der Waals surface area contributed by atoms with Gasteiger partial charge in [0.1, 0.15) is 17.4 Å². The van der Waals surface area contributed by atoms with Crippen molar-refractivity contribution >= 4 is 43.0 Å². The summed E-state index contributed by atoms with van der Waals surface area (Å²) in [6, 6.07) is 18.6.